The van der Waals surface area contributed by atoms with Crippen molar-refractivity contribution in [1.29, 1.82) is 0 Å². The maximum Gasteiger partial charge on any atom is 0.144 e. The number of aromatic nitrogens is 2. The highest BCUT2D eigenvalue weighted by Crippen LogP contribution is 2.25. The first-order valence-electron chi connectivity index (χ1n) is 5.02. The van der Waals surface area contributed by atoms with Crippen LogP contribution in [-0.4, -0.2) is 28.7 Å². The molecule has 0 unspecified atom stereocenters. The first-order chi connectivity index (χ1) is 6.88. The fourth-order valence-corrected chi connectivity index (χ4v) is 1.64. The van der Waals surface area contributed by atoms with Crippen LogP contribution >= 0.6 is 0 Å². The van der Waals surface area contributed by atoms with E-state index in [-0.39, 0.29) is 0 Å². The van der Waals surface area contributed by atoms with E-state index in [1.807, 2.05) is 6.92 Å². The van der Waals surface area contributed by atoms with Gasteiger partial charge in [-0.25, -0.2) is 4.98 Å². The Balaban J connectivity index is 1.74. The summed E-state index contributed by atoms with van der Waals surface area (Å²) in [6, 6.07) is 0.503. The van der Waals surface area contributed by atoms with E-state index in [4.69, 9.17) is 4.74 Å². The number of anilines is 1. The van der Waals surface area contributed by atoms with Crippen LogP contribution in [0.1, 0.15) is 19.8 Å². The third-order valence-corrected chi connectivity index (χ3v) is 2.41. The van der Waals surface area contributed by atoms with Crippen molar-refractivity contribution in [2.45, 2.75) is 31.9 Å². The molecule has 1 N–H and O–H groups in total. The molecule has 1 fully saturated rings. The van der Waals surface area contributed by atoms with Gasteiger partial charge >= 0.3 is 0 Å². The Morgan fingerprint density at radius 2 is 2.36 bits per heavy atom. The lowest BCUT2D eigenvalue weighted by Crippen LogP contribution is -2.41. The van der Waals surface area contributed by atoms with Crippen molar-refractivity contribution in [3.8, 4) is 0 Å². The van der Waals surface area contributed by atoms with Gasteiger partial charge in [0.15, 0.2) is 0 Å². The highest BCUT2D eigenvalue weighted by molar-refractivity contribution is 5.32. The summed E-state index contributed by atoms with van der Waals surface area (Å²) in [6.07, 6.45) is 7.70. The minimum atomic E-state index is 0.439. The Morgan fingerprint density at radius 3 is 3.00 bits per heavy atom. The minimum Gasteiger partial charge on any atom is -0.378 e. The zero-order chi connectivity index (χ0) is 9.80. The number of rotatable bonds is 4. The number of nitrogens with zero attached hydrogens (tertiary/aromatic N) is 2. The van der Waals surface area contributed by atoms with Crippen LogP contribution in [0.3, 0.4) is 0 Å². The second-order valence-electron chi connectivity index (χ2n) is 3.48. The van der Waals surface area contributed by atoms with Crippen LogP contribution in [0.2, 0.25) is 0 Å². The van der Waals surface area contributed by atoms with Gasteiger partial charge in [0.1, 0.15) is 5.82 Å². The zero-order valence-corrected chi connectivity index (χ0v) is 8.31. The molecule has 1 aromatic rings. The Hall–Kier alpha value is -1.16. The molecule has 1 aliphatic carbocycles. The average Bonchev–Trinajstić information content (AvgIpc) is 2.16. The second kappa shape index (κ2) is 4.37. The molecule has 1 aliphatic rings. The maximum absolute atomic E-state index is 5.47. The highest BCUT2D eigenvalue weighted by Gasteiger charge is 2.29. The molecular weight excluding hydrogens is 178 g/mol. The van der Waals surface area contributed by atoms with E-state index >= 15 is 0 Å². The second-order valence-corrected chi connectivity index (χ2v) is 3.48. The normalized spacial score (nSPS) is 25.5. The van der Waals surface area contributed by atoms with Gasteiger partial charge in [0.25, 0.3) is 0 Å². The summed E-state index contributed by atoms with van der Waals surface area (Å²) >= 11 is 0. The quantitative estimate of drug-likeness (QED) is 0.786. The lowest BCUT2D eigenvalue weighted by atomic mass is 9.89. The molecule has 0 spiro atoms. The van der Waals surface area contributed by atoms with Gasteiger partial charge in [-0.05, 0) is 19.8 Å². The van der Waals surface area contributed by atoms with Crippen molar-refractivity contribution in [3.63, 3.8) is 0 Å². The van der Waals surface area contributed by atoms with Crippen LogP contribution in [0, 0.1) is 0 Å². The van der Waals surface area contributed by atoms with Crippen LogP contribution < -0.4 is 5.32 Å². The molecule has 1 saturated carbocycles. The zero-order valence-electron chi connectivity index (χ0n) is 8.31. The van der Waals surface area contributed by atoms with E-state index in [1.54, 1.807) is 18.6 Å². The summed E-state index contributed by atoms with van der Waals surface area (Å²) in [6.45, 7) is 2.84. The fourth-order valence-electron chi connectivity index (χ4n) is 1.64. The molecule has 1 heterocycles. The fraction of sp³-hybridized carbons (Fsp3) is 0.600. The first kappa shape index (κ1) is 9.40. The highest BCUT2D eigenvalue weighted by atomic mass is 16.5. The summed E-state index contributed by atoms with van der Waals surface area (Å²) in [7, 11) is 0. The Morgan fingerprint density at radius 1 is 1.50 bits per heavy atom. The van der Waals surface area contributed by atoms with Crippen molar-refractivity contribution < 1.29 is 4.74 Å². The smallest absolute Gasteiger partial charge is 0.144 e. The first-order valence-corrected chi connectivity index (χ1v) is 5.02. The van der Waals surface area contributed by atoms with Crippen LogP contribution in [0.15, 0.2) is 18.6 Å². The maximum atomic E-state index is 5.47. The number of ether oxygens (including phenoxy) is 1. The average molecular weight is 193 g/mol. The van der Waals surface area contributed by atoms with Crippen LogP contribution in [0.5, 0.6) is 0 Å². The Bertz CT molecular complexity index is 272. The van der Waals surface area contributed by atoms with E-state index in [1.165, 1.54) is 0 Å². The van der Waals surface area contributed by atoms with E-state index in [9.17, 15) is 0 Å². The van der Waals surface area contributed by atoms with Crippen molar-refractivity contribution in [2.75, 3.05) is 11.9 Å². The minimum absolute atomic E-state index is 0.439. The van der Waals surface area contributed by atoms with Crippen LogP contribution in [-0.2, 0) is 4.74 Å². The molecule has 0 atom stereocenters. The molecule has 0 aromatic carbocycles. The topological polar surface area (TPSA) is 47.0 Å². The molecule has 1 aromatic heterocycles. The van der Waals surface area contributed by atoms with E-state index < -0.39 is 0 Å². The van der Waals surface area contributed by atoms with E-state index in [0.717, 1.165) is 25.3 Å². The van der Waals surface area contributed by atoms with Crippen LogP contribution in [0.4, 0.5) is 5.82 Å². The predicted octanol–water partition coefficient (Wildman–Crippen LogP) is 1.46. The molecule has 2 rings (SSSR count). The third kappa shape index (κ3) is 2.20. The molecule has 4 nitrogen and oxygen atoms in total. The SMILES string of the molecule is CCOC1CC(Nc2cnccn2)C1. The van der Waals surface area contributed by atoms with Crippen LogP contribution in [0.25, 0.3) is 0 Å². The third-order valence-electron chi connectivity index (χ3n) is 2.41. The molecule has 0 bridgehead atoms. The number of hydrogen-bond donors (Lipinski definition) is 1. The monoisotopic (exact) mass is 193 g/mol. The number of hydrogen-bond acceptors (Lipinski definition) is 4. The molecule has 0 aliphatic heterocycles. The van der Waals surface area contributed by atoms with Crippen molar-refractivity contribution in [2.24, 2.45) is 0 Å². The molecule has 0 saturated heterocycles. The van der Waals surface area contributed by atoms with Gasteiger partial charge in [0.05, 0.1) is 12.3 Å². The molecule has 0 radical (unpaired) electrons. The van der Waals surface area contributed by atoms with E-state index in [2.05, 4.69) is 15.3 Å². The van der Waals surface area contributed by atoms with Crippen molar-refractivity contribution in [3.05, 3.63) is 18.6 Å². The molecule has 0 amide bonds. The van der Waals surface area contributed by atoms with E-state index in [0.29, 0.717) is 12.1 Å². The summed E-state index contributed by atoms with van der Waals surface area (Å²) in [5, 5.41) is 3.31. The van der Waals surface area contributed by atoms with Gasteiger partial charge < -0.3 is 10.1 Å². The van der Waals surface area contributed by atoms with Crippen molar-refractivity contribution >= 4 is 5.82 Å². The Labute approximate surface area is 83.7 Å². The predicted molar refractivity (Wildman–Crippen MR) is 54.1 cm³/mol. The summed E-state index contributed by atoms with van der Waals surface area (Å²) in [5.41, 5.74) is 0. The van der Waals surface area contributed by atoms with Gasteiger partial charge in [-0.3, -0.25) is 4.98 Å². The summed E-state index contributed by atoms with van der Waals surface area (Å²) in [4.78, 5) is 8.15. The van der Waals surface area contributed by atoms with Gasteiger partial charge in [0.2, 0.25) is 0 Å². The molecule has 4 heteroatoms. The lowest BCUT2D eigenvalue weighted by Gasteiger charge is -2.35. The van der Waals surface area contributed by atoms with Crippen molar-refractivity contribution in [1.82, 2.24) is 9.97 Å². The summed E-state index contributed by atoms with van der Waals surface area (Å²) < 4.78 is 5.47. The van der Waals surface area contributed by atoms with Gasteiger partial charge in [-0.2, -0.15) is 0 Å². The Kier molecular flexibility index (Phi) is 2.93. The lowest BCUT2D eigenvalue weighted by molar-refractivity contribution is 0.00292. The molecular formula is C10H15N3O. The largest absolute Gasteiger partial charge is 0.378 e. The number of nitrogens with one attached hydrogen (secondary N) is 1. The molecule has 14 heavy (non-hydrogen) atoms. The van der Waals surface area contributed by atoms with Gasteiger partial charge in [-0.15, -0.1) is 0 Å². The molecule has 76 valence electrons. The standard InChI is InChI=1S/C10H15N3O/c1-2-14-9-5-8(6-9)13-10-7-11-3-4-12-10/h3-4,7-9H,2,5-6H2,1H3,(H,12,13). The van der Waals surface area contributed by atoms with Gasteiger partial charge in [0, 0.05) is 25.0 Å². The summed E-state index contributed by atoms with van der Waals surface area (Å²) in [5.74, 6) is 0.854. The van der Waals surface area contributed by atoms with Gasteiger partial charge in [-0.1, -0.05) is 0 Å².